The van der Waals surface area contributed by atoms with Crippen LogP contribution in [0.5, 0.6) is 0 Å². The molecule has 2 fully saturated rings. The molecule has 3 aliphatic carbocycles. The summed E-state index contributed by atoms with van der Waals surface area (Å²) >= 11 is 0. The Hall–Kier alpha value is -1.30. The Bertz CT molecular complexity index is 460. The second-order valence-electron chi connectivity index (χ2n) is 5.26. The zero-order valence-corrected chi connectivity index (χ0v) is 8.79. The monoisotopic (exact) mass is 194 g/mol. The Labute approximate surface area is 90.3 Å². The lowest BCUT2D eigenvalue weighted by molar-refractivity contribution is 0.844. The molecule has 0 bridgehead atoms. The molecule has 74 valence electrons. The fourth-order valence-electron chi connectivity index (χ4n) is 3.72. The van der Waals surface area contributed by atoms with Gasteiger partial charge in [-0.1, -0.05) is 37.4 Å². The van der Waals surface area contributed by atoms with E-state index in [1.165, 1.54) is 24.0 Å². The highest BCUT2D eigenvalue weighted by molar-refractivity contribution is 5.70. The van der Waals surface area contributed by atoms with Crippen molar-refractivity contribution in [1.82, 2.24) is 0 Å². The third kappa shape index (κ3) is 0.728. The molecule has 0 radical (unpaired) electrons. The Morgan fingerprint density at radius 2 is 1.47 bits per heavy atom. The highest BCUT2D eigenvalue weighted by Gasteiger charge is 2.75. The molecule has 0 heterocycles. The molecule has 2 saturated carbocycles. The van der Waals surface area contributed by atoms with Gasteiger partial charge in [0.15, 0.2) is 0 Å². The van der Waals surface area contributed by atoms with E-state index < -0.39 is 0 Å². The molecule has 0 N–H and O–H groups in total. The van der Waals surface area contributed by atoms with Crippen molar-refractivity contribution in [2.75, 3.05) is 0 Å². The lowest BCUT2D eigenvalue weighted by Gasteiger charge is -2.09. The minimum absolute atomic E-state index is 0.751. The SMILES string of the molecule is C=Cc1cc2c(cc1C=C)[C@H]1CC13C[C@H]23. The van der Waals surface area contributed by atoms with Crippen molar-refractivity contribution in [1.29, 1.82) is 0 Å². The van der Waals surface area contributed by atoms with Gasteiger partial charge in [0.2, 0.25) is 0 Å². The topological polar surface area (TPSA) is 0 Å². The first-order valence-corrected chi connectivity index (χ1v) is 5.73. The zero-order valence-electron chi connectivity index (χ0n) is 8.79. The molecule has 15 heavy (non-hydrogen) atoms. The molecule has 3 aliphatic rings. The summed E-state index contributed by atoms with van der Waals surface area (Å²) in [7, 11) is 0. The van der Waals surface area contributed by atoms with Crippen LogP contribution in [0.15, 0.2) is 25.3 Å². The van der Waals surface area contributed by atoms with Crippen LogP contribution in [0, 0.1) is 5.41 Å². The van der Waals surface area contributed by atoms with E-state index in [9.17, 15) is 0 Å². The van der Waals surface area contributed by atoms with E-state index in [1.54, 1.807) is 11.1 Å². The van der Waals surface area contributed by atoms with Crippen molar-refractivity contribution in [3.63, 3.8) is 0 Å². The largest absolute Gasteiger partial charge is 0.0984 e. The number of hydrogen-bond donors (Lipinski definition) is 0. The van der Waals surface area contributed by atoms with Gasteiger partial charge in [-0.2, -0.15) is 0 Å². The Morgan fingerprint density at radius 3 is 1.87 bits per heavy atom. The molecule has 0 aliphatic heterocycles. The maximum atomic E-state index is 3.88. The molecule has 1 aromatic rings. The van der Waals surface area contributed by atoms with Crippen molar-refractivity contribution < 1.29 is 0 Å². The molecule has 4 rings (SSSR count). The van der Waals surface area contributed by atoms with E-state index in [2.05, 4.69) is 25.3 Å². The molecule has 1 aromatic carbocycles. The van der Waals surface area contributed by atoms with E-state index in [-0.39, 0.29) is 0 Å². The summed E-state index contributed by atoms with van der Waals surface area (Å²) in [6.45, 7) is 7.77. The van der Waals surface area contributed by atoms with Crippen LogP contribution in [-0.2, 0) is 0 Å². The smallest absolute Gasteiger partial charge is 0.00903 e. The van der Waals surface area contributed by atoms with Crippen LogP contribution in [0.4, 0.5) is 0 Å². The van der Waals surface area contributed by atoms with Crippen molar-refractivity contribution in [2.45, 2.75) is 24.7 Å². The second kappa shape index (κ2) is 2.11. The number of benzene rings is 1. The Morgan fingerprint density at radius 1 is 1.00 bits per heavy atom. The fraction of sp³-hybridized carbons (Fsp3) is 0.333. The minimum atomic E-state index is 0.751. The predicted octanol–water partition coefficient (Wildman–Crippen LogP) is 3.95. The Balaban J connectivity index is 1.97. The second-order valence-corrected chi connectivity index (χ2v) is 5.26. The molecule has 0 aromatic heterocycles. The van der Waals surface area contributed by atoms with Crippen LogP contribution >= 0.6 is 0 Å². The van der Waals surface area contributed by atoms with E-state index >= 15 is 0 Å². The molecule has 0 saturated heterocycles. The minimum Gasteiger partial charge on any atom is -0.0984 e. The van der Waals surface area contributed by atoms with Crippen LogP contribution < -0.4 is 0 Å². The van der Waals surface area contributed by atoms with Gasteiger partial charge < -0.3 is 0 Å². The first-order chi connectivity index (χ1) is 7.30. The summed E-state index contributed by atoms with van der Waals surface area (Å²) in [4.78, 5) is 0. The van der Waals surface area contributed by atoms with Gasteiger partial charge >= 0.3 is 0 Å². The van der Waals surface area contributed by atoms with Crippen molar-refractivity contribution in [2.24, 2.45) is 5.41 Å². The van der Waals surface area contributed by atoms with Crippen molar-refractivity contribution in [3.05, 3.63) is 47.5 Å². The highest BCUT2D eigenvalue weighted by atomic mass is 14.8. The maximum Gasteiger partial charge on any atom is -0.00903 e. The first kappa shape index (κ1) is 7.92. The molecule has 2 atom stereocenters. The number of rotatable bonds is 2. The van der Waals surface area contributed by atoms with Crippen molar-refractivity contribution in [3.8, 4) is 0 Å². The van der Waals surface area contributed by atoms with Gasteiger partial charge in [-0.15, -0.1) is 0 Å². The molecular weight excluding hydrogens is 180 g/mol. The number of fused-ring (bicyclic) bond motifs is 3. The fourth-order valence-corrected chi connectivity index (χ4v) is 3.72. The van der Waals surface area contributed by atoms with Gasteiger partial charge in [0.05, 0.1) is 0 Å². The number of hydrogen-bond acceptors (Lipinski definition) is 0. The van der Waals surface area contributed by atoms with Crippen LogP contribution in [0.3, 0.4) is 0 Å². The molecule has 0 heteroatoms. The maximum absolute atomic E-state index is 3.88. The molecular formula is C15H14. The van der Waals surface area contributed by atoms with Gasteiger partial charge in [0.1, 0.15) is 0 Å². The molecule has 0 amide bonds. The summed E-state index contributed by atoms with van der Waals surface area (Å²) in [5.41, 5.74) is 6.50. The predicted molar refractivity (Wildman–Crippen MR) is 63.8 cm³/mol. The molecule has 0 nitrogen and oxygen atoms in total. The normalized spacial score (nSPS) is 37.6. The lowest BCUT2D eigenvalue weighted by Crippen LogP contribution is -1.91. The summed E-state index contributed by atoms with van der Waals surface area (Å²) < 4.78 is 0. The van der Waals surface area contributed by atoms with Gasteiger partial charge in [0.25, 0.3) is 0 Å². The highest BCUT2D eigenvalue weighted by Crippen LogP contribution is 2.87. The van der Waals surface area contributed by atoms with Gasteiger partial charge in [-0.25, -0.2) is 0 Å². The van der Waals surface area contributed by atoms with Crippen LogP contribution in [0.2, 0.25) is 0 Å². The summed E-state index contributed by atoms with van der Waals surface area (Å²) in [6.07, 6.45) is 6.82. The van der Waals surface area contributed by atoms with Crippen LogP contribution in [0.25, 0.3) is 12.2 Å². The van der Waals surface area contributed by atoms with E-state index in [1.807, 2.05) is 12.2 Å². The van der Waals surface area contributed by atoms with Crippen LogP contribution in [0.1, 0.15) is 46.9 Å². The third-order valence-corrected chi connectivity index (χ3v) is 4.72. The lowest BCUT2D eigenvalue weighted by atomic mass is 9.95. The molecule has 0 unspecified atom stereocenters. The van der Waals surface area contributed by atoms with E-state index in [0.29, 0.717) is 0 Å². The molecule has 1 spiro atoms. The van der Waals surface area contributed by atoms with Gasteiger partial charge in [-0.05, 0) is 52.3 Å². The Kier molecular flexibility index (Phi) is 1.11. The average Bonchev–Trinajstić information content (AvgIpc) is 3.15. The average molecular weight is 194 g/mol. The van der Waals surface area contributed by atoms with E-state index in [4.69, 9.17) is 0 Å². The zero-order chi connectivity index (χ0) is 10.2. The van der Waals surface area contributed by atoms with E-state index in [0.717, 1.165) is 17.3 Å². The third-order valence-electron chi connectivity index (χ3n) is 4.72. The summed E-state index contributed by atoms with van der Waals surface area (Å²) in [5, 5.41) is 0. The standard InChI is InChI=1S/C15H14/c1-3-9-5-11-12(6-10(9)4-2)14-8-15(14)7-13(11)15/h3-6,13-14H,1-2,7-8H2/t13-,14-,15?/m1/s1. The summed E-state index contributed by atoms with van der Waals surface area (Å²) in [6, 6.07) is 4.70. The quantitative estimate of drug-likeness (QED) is 0.668. The van der Waals surface area contributed by atoms with Gasteiger partial charge in [0, 0.05) is 0 Å². The van der Waals surface area contributed by atoms with Crippen LogP contribution in [-0.4, -0.2) is 0 Å². The van der Waals surface area contributed by atoms with Gasteiger partial charge in [-0.3, -0.25) is 0 Å². The summed E-state index contributed by atoms with van der Waals surface area (Å²) in [5.74, 6) is 1.80. The first-order valence-electron chi connectivity index (χ1n) is 5.73. The van der Waals surface area contributed by atoms with Crippen molar-refractivity contribution >= 4 is 12.2 Å².